The maximum absolute atomic E-state index is 13.5. The van der Waals surface area contributed by atoms with E-state index in [1.165, 1.54) is 0 Å². The van der Waals surface area contributed by atoms with Crippen LogP contribution in [0, 0.1) is 11.6 Å². The summed E-state index contributed by atoms with van der Waals surface area (Å²) in [5, 5.41) is 0. The van der Waals surface area contributed by atoms with E-state index in [-0.39, 0.29) is 10.9 Å². The first-order chi connectivity index (χ1) is 9.75. The van der Waals surface area contributed by atoms with Gasteiger partial charge in [-0.05, 0) is 25.0 Å². The predicted molar refractivity (Wildman–Crippen MR) is 73.3 cm³/mol. The number of ether oxygens (including phenoxy) is 1. The summed E-state index contributed by atoms with van der Waals surface area (Å²) in [4.78, 5) is 0. The highest BCUT2D eigenvalue weighted by atomic mass is 79.9. The molecular formula is C14H16BrF5O. The Morgan fingerprint density at radius 2 is 1.81 bits per heavy atom. The lowest BCUT2D eigenvalue weighted by Gasteiger charge is -2.22. The number of hydrogen-bond acceptors (Lipinski definition) is 1. The van der Waals surface area contributed by atoms with Crippen molar-refractivity contribution >= 4 is 15.9 Å². The van der Waals surface area contributed by atoms with Crippen molar-refractivity contribution < 1.29 is 26.7 Å². The molecule has 1 aromatic rings. The van der Waals surface area contributed by atoms with Crippen LogP contribution in [0.1, 0.15) is 39.0 Å². The quantitative estimate of drug-likeness (QED) is 0.322. The normalized spacial score (nSPS) is 13.3. The Hall–Kier alpha value is -0.850. The van der Waals surface area contributed by atoms with E-state index >= 15 is 0 Å². The van der Waals surface area contributed by atoms with Gasteiger partial charge in [0.25, 0.3) is 0 Å². The first-order valence-electron chi connectivity index (χ1n) is 6.63. The first kappa shape index (κ1) is 18.2. The molecule has 7 heteroatoms. The third-order valence-electron chi connectivity index (χ3n) is 2.91. The average molecular weight is 375 g/mol. The van der Waals surface area contributed by atoms with Crippen molar-refractivity contribution in [1.29, 1.82) is 0 Å². The zero-order valence-electron chi connectivity index (χ0n) is 11.4. The standard InChI is InChI=1S/C14H16BrF5O/c1-2-3-4-5-6-12(14(18,19)20)21-11-8-9(15)7-10(16)13(11)17/h7-8,12H,2-6H2,1H3/t12-/m1/s1. The van der Waals surface area contributed by atoms with Crippen molar-refractivity contribution in [2.45, 2.75) is 51.3 Å². The molecule has 0 aliphatic carbocycles. The molecule has 0 unspecified atom stereocenters. The van der Waals surface area contributed by atoms with Crippen molar-refractivity contribution in [3.8, 4) is 5.75 Å². The number of rotatable bonds is 7. The second-order valence-corrected chi connectivity index (χ2v) is 5.61. The highest BCUT2D eigenvalue weighted by molar-refractivity contribution is 9.10. The predicted octanol–water partition coefficient (Wildman–Crippen LogP) is 6.01. The summed E-state index contributed by atoms with van der Waals surface area (Å²) >= 11 is 2.89. The molecule has 0 spiro atoms. The first-order valence-corrected chi connectivity index (χ1v) is 7.43. The molecule has 0 fully saturated rings. The van der Waals surface area contributed by atoms with Gasteiger partial charge >= 0.3 is 6.18 Å². The van der Waals surface area contributed by atoms with Crippen LogP contribution < -0.4 is 4.74 Å². The fourth-order valence-corrected chi connectivity index (χ4v) is 2.23. The molecule has 0 N–H and O–H groups in total. The molecule has 1 nitrogen and oxygen atoms in total. The van der Waals surface area contributed by atoms with Crippen molar-refractivity contribution in [2.75, 3.05) is 0 Å². The molecule has 0 bridgehead atoms. The Morgan fingerprint density at radius 1 is 1.14 bits per heavy atom. The van der Waals surface area contributed by atoms with Crippen LogP contribution in [0.25, 0.3) is 0 Å². The molecule has 0 aliphatic heterocycles. The number of halogens is 6. The van der Waals surface area contributed by atoms with E-state index in [1.54, 1.807) is 0 Å². The fraction of sp³-hybridized carbons (Fsp3) is 0.571. The minimum absolute atomic E-state index is 0.114. The van der Waals surface area contributed by atoms with Gasteiger partial charge in [-0.25, -0.2) is 4.39 Å². The largest absolute Gasteiger partial charge is 0.478 e. The third kappa shape index (κ3) is 5.80. The molecule has 120 valence electrons. The lowest BCUT2D eigenvalue weighted by Crippen LogP contribution is -2.34. The van der Waals surface area contributed by atoms with Gasteiger partial charge in [0.05, 0.1) is 0 Å². The van der Waals surface area contributed by atoms with Crippen molar-refractivity contribution in [3.05, 3.63) is 28.2 Å². The molecule has 0 aliphatic rings. The van der Waals surface area contributed by atoms with E-state index in [9.17, 15) is 22.0 Å². The summed E-state index contributed by atoms with van der Waals surface area (Å²) in [7, 11) is 0. The van der Waals surface area contributed by atoms with Gasteiger partial charge in [-0.2, -0.15) is 17.6 Å². The molecule has 21 heavy (non-hydrogen) atoms. The second-order valence-electron chi connectivity index (χ2n) is 4.70. The second kappa shape index (κ2) is 7.96. The summed E-state index contributed by atoms with van der Waals surface area (Å²) in [5.41, 5.74) is 0. The Kier molecular flexibility index (Phi) is 6.90. The molecule has 0 aromatic heterocycles. The highest BCUT2D eigenvalue weighted by Crippen LogP contribution is 2.32. The number of alkyl halides is 3. The SMILES string of the molecule is CCCCCC[C@@H](Oc1cc(Br)cc(F)c1F)C(F)(F)F. The van der Waals surface area contributed by atoms with Gasteiger partial charge in [0.15, 0.2) is 17.7 Å². The molecule has 0 radical (unpaired) electrons. The number of hydrogen-bond donors (Lipinski definition) is 0. The van der Waals surface area contributed by atoms with E-state index in [2.05, 4.69) is 20.7 Å². The Balaban J connectivity index is 2.82. The van der Waals surface area contributed by atoms with Gasteiger partial charge in [-0.3, -0.25) is 0 Å². The maximum atomic E-state index is 13.5. The lowest BCUT2D eigenvalue weighted by molar-refractivity contribution is -0.197. The molecule has 1 rings (SSSR count). The van der Waals surface area contributed by atoms with Crippen molar-refractivity contribution in [3.63, 3.8) is 0 Å². The van der Waals surface area contributed by atoms with Gasteiger partial charge in [-0.1, -0.05) is 42.1 Å². The van der Waals surface area contributed by atoms with Crippen LogP contribution in [-0.4, -0.2) is 12.3 Å². The zero-order chi connectivity index (χ0) is 16.0. The van der Waals surface area contributed by atoms with Crippen LogP contribution in [0.2, 0.25) is 0 Å². The van der Waals surface area contributed by atoms with Gasteiger partial charge in [-0.15, -0.1) is 0 Å². The molecule has 0 saturated carbocycles. The zero-order valence-corrected chi connectivity index (χ0v) is 13.0. The van der Waals surface area contributed by atoms with E-state index in [0.717, 1.165) is 25.0 Å². The van der Waals surface area contributed by atoms with Crippen LogP contribution in [0.3, 0.4) is 0 Å². The van der Waals surface area contributed by atoms with Crippen LogP contribution in [0.4, 0.5) is 22.0 Å². The minimum Gasteiger partial charge on any atom is -0.478 e. The molecule has 1 aromatic carbocycles. The van der Waals surface area contributed by atoms with Gasteiger partial charge in [0, 0.05) is 4.47 Å². The lowest BCUT2D eigenvalue weighted by atomic mass is 10.1. The number of unbranched alkanes of at least 4 members (excludes halogenated alkanes) is 3. The van der Waals surface area contributed by atoms with Crippen LogP contribution in [0.5, 0.6) is 5.75 Å². The Bertz CT molecular complexity index is 461. The monoisotopic (exact) mass is 374 g/mol. The van der Waals surface area contributed by atoms with Gasteiger partial charge in [0.1, 0.15) is 0 Å². The molecule has 0 amide bonds. The van der Waals surface area contributed by atoms with Crippen LogP contribution >= 0.6 is 15.9 Å². The summed E-state index contributed by atoms with van der Waals surface area (Å²) in [6.45, 7) is 1.94. The molecular weight excluding hydrogens is 359 g/mol. The summed E-state index contributed by atoms with van der Waals surface area (Å²) in [6.07, 6.45) is -4.38. The topological polar surface area (TPSA) is 9.23 Å². The van der Waals surface area contributed by atoms with Crippen molar-refractivity contribution in [1.82, 2.24) is 0 Å². The third-order valence-corrected chi connectivity index (χ3v) is 3.37. The van der Waals surface area contributed by atoms with Gasteiger partial charge in [0.2, 0.25) is 5.82 Å². The van der Waals surface area contributed by atoms with E-state index in [0.29, 0.717) is 12.8 Å². The minimum atomic E-state index is -4.63. The van der Waals surface area contributed by atoms with Crippen LogP contribution in [0.15, 0.2) is 16.6 Å². The van der Waals surface area contributed by atoms with Gasteiger partial charge < -0.3 is 4.74 Å². The number of benzene rings is 1. The highest BCUT2D eigenvalue weighted by Gasteiger charge is 2.41. The average Bonchev–Trinajstić information content (AvgIpc) is 2.37. The van der Waals surface area contributed by atoms with Crippen molar-refractivity contribution in [2.24, 2.45) is 0 Å². The summed E-state index contributed by atoms with van der Waals surface area (Å²) in [5.74, 6) is -3.41. The Morgan fingerprint density at radius 3 is 2.38 bits per heavy atom. The van der Waals surface area contributed by atoms with E-state index in [4.69, 9.17) is 0 Å². The summed E-state index contributed by atoms with van der Waals surface area (Å²) < 4.78 is 70.1. The smallest absolute Gasteiger partial charge is 0.425 e. The Labute approximate surface area is 128 Å². The molecule has 0 saturated heterocycles. The van der Waals surface area contributed by atoms with E-state index < -0.39 is 29.7 Å². The maximum Gasteiger partial charge on any atom is 0.425 e. The van der Waals surface area contributed by atoms with E-state index in [1.807, 2.05) is 6.92 Å². The van der Waals surface area contributed by atoms with Crippen LogP contribution in [-0.2, 0) is 0 Å². The molecule has 1 atom stereocenters. The fourth-order valence-electron chi connectivity index (χ4n) is 1.82. The summed E-state index contributed by atoms with van der Waals surface area (Å²) in [6, 6.07) is 1.81. The molecule has 0 heterocycles.